The second-order valence-corrected chi connectivity index (χ2v) is 7.27. The molecule has 0 fully saturated rings. The highest BCUT2D eigenvalue weighted by Gasteiger charge is 2.60. The number of aryl methyl sites for hydroxylation is 1. The van der Waals surface area contributed by atoms with Crippen LogP contribution >= 0.6 is 0 Å². The van der Waals surface area contributed by atoms with E-state index in [9.17, 15) is 31.4 Å². The van der Waals surface area contributed by atoms with Crippen LogP contribution in [0.5, 0.6) is 0 Å². The Kier molecular flexibility index (Phi) is 4.72. The molecule has 0 spiro atoms. The van der Waals surface area contributed by atoms with Gasteiger partial charge in [0.2, 0.25) is 12.3 Å². The van der Waals surface area contributed by atoms with Gasteiger partial charge >= 0.3 is 6.18 Å². The molecule has 1 aliphatic heterocycles. The first-order valence-corrected chi connectivity index (χ1v) is 8.87. The first-order valence-electron chi connectivity index (χ1n) is 8.87. The molecular weight excluding hydrogens is 432 g/mol. The molecule has 3 aromatic heterocycles. The summed E-state index contributed by atoms with van der Waals surface area (Å²) in [4.78, 5) is 4.85. The lowest BCUT2D eigenvalue weighted by atomic mass is 9.87. The number of halogens is 6. The first kappa shape index (κ1) is 21.1. The molecular formula is C17H15F6N7O. The Balaban J connectivity index is 1.78. The largest absolute Gasteiger partial charge is 0.401 e. The summed E-state index contributed by atoms with van der Waals surface area (Å²) in [5.74, 6) is -1.01. The number of hydrogen-bond donors (Lipinski definition) is 2. The van der Waals surface area contributed by atoms with Crippen LogP contribution in [0.15, 0.2) is 18.3 Å². The van der Waals surface area contributed by atoms with Crippen LogP contribution < -0.4 is 10.2 Å². The monoisotopic (exact) mass is 447 g/mol. The van der Waals surface area contributed by atoms with Crippen molar-refractivity contribution in [3.8, 4) is 0 Å². The molecule has 8 nitrogen and oxygen atoms in total. The number of nitrogens with zero attached hydrogens (tertiary/aromatic N) is 6. The summed E-state index contributed by atoms with van der Waals surface area (Å²) in [5, 5.41) is 23.5. The first-order chi connectivity index (χ1) is 14.4. The van der Waals surface area contributed by atoms with Crippen LogP contribution in [0.2, 0.25) is 0 Å². The fourth-order valence-electron chi connectivity index (χ4n) is 3.50. The summed E-state index contributed by atoms with van der Waals surface area (Å²) >= 11 is 0. The van der Waals surface area contributed by atoms with Crippen LogP contribution in [0.1, 0.15) is 30.4 Å². The van der Waals surface area contributed by atoms with E-state index >= 15 is 0 Å². The van der Waals surface area contributed by atoms with Crippen LogP contribution in [0.25, 0.3) is 5.65 Å². The van der Waals surface area contributed by atoms with Crippen molar-refractivity contribution in [1.29, 1.82) is 0 Å². The zero-order valence-corrected chi connectivity index (χ0v) is 16.0. The van der Waals surface area contributed by atoms with Crippen molar-refractivity contribution in [3.05, 3.63) is 41.4 Å². The topological polar surface area (TPSA) is 91.5 Å². The molecule has 4 rings (SSSR count). The smallest absolute Gasteiger partial charge is 0.356 e. The summed E-state index contributed by atoms with van der Waals surface area (Å²) in [6.07, 6.45) is -8.44. The summed E-state index contributed by atoms with van der Waals surface area (Å²) in [6.45, 7) is 1.56. The van der Waals surface area contributed by atoms with E-state index in [0.717, 1.165) is 34.7 Å². The van der Waals surface area contributed by atoms with Crippen LogP contribution in [-0.2, 0) is 5.41 Å². The minimum Gasteiger partial charge on any atom is -0.356 e. The Hall–Kier alpha value is -3.16. The van der Waals surface area contributed by atoms with E-state index in [-0.39, 0.29) is 22.7 Å². The molecule has 4 heterocycles. The van der Waals surface area contributed by atoms with Crippen molar-refractivity contribution in [3.63, 3.8) is 0 Å². The SMILES string of the molecule is Cc1nnc(C(F)F)cc1NC(O)N1C[C@@](C)(C(F)(F)F)c2c1cnc1cc(F)nn21. The average molecular weight is 447 g/mol. The Bertz CT molecular complexity index is 1150. The van der Waals surface area contributed by atoms with Gasteiger partial charge < -0.3 is 15.3 Å². The maximum Gasteiger partial charge on any atom is 0.401 e. The summed E-state index contributed by atoms with van der Waals surface area (Å²) < 4.78 is 82.3. The maximum absolute atomic E-state index is 14.0. The normalized spacial score (nSPS) is 19.9. The van der Waals surface area contributed by atoms with Gasteiger partial charge in [-0.3, -0.25) is 0 Å². The quantitative estimate of drug-likeness (QED) is 0.470. The molecule has 0 radical (unpaired) electrons. The fraction of sp³-hybridized carbons (Fsp3) is 0.412. The van der Waals surface area contributed by atoms with E-state index in [1.807, 2.05) is 0 Å². The number of rotatable bonds is 4. The number of fused-ring (bicyclic) bond motifs is 3. The number of aliphatic hydroxyl groups excluding tert-OH is 1. The number of aliphatic hydroxyl groups is 1. The minimum absolute atomic E-state index is 0.0425. The van der Waals surface area contributed by atoms with Gasteiger partial charge in [-0.2, -0.15) is 22.7 Å². The molecule has 1 aliphatic rings. The van der Waals surface area contributed by atoms with Crippen molar-refractivity contribution >= 4 is 17.0 Å². The zero-order chi connectivity index (χ0) is 22.7. The van der Waals surface area contributed by atoms with E-state index in [1.165, 1.54) is 6.92 Å². The van der Waals surface area contributed by atoms with Gasteiger partial charge in [0.1, 0.15) is 11.1 Å². The van der Waals surface area contributed by atoms with Gasteiger partial charge in [0, 0.05) is 12.6 Å². The van der Waals surface area contributed by atoms with Crippen molar-refractivity contribution in [2.45, 2.75) is 38.2 Å². The van der Waals surface area contributed by atoms with Gasteiger partial charge in [0.05, 0.1) is 29.0 Å². The highest BCUT2D eigenvalue weighted by atomic mass is 19.4. The lowest BCUT2D eigenvalue weighted by Gasteiger charge is -2.31. The van der Waals surface area contributed by atoms with Crippen molar-refractivity contribution in [2.24, 2.45) is 0 Å². The Morgan fingerprint density at radius 2 is 1.94 bits per heavy atom. The van der Waals surface area contributed by atoms with Crippen LogP contribution in [0, 0.1) is 12.9 Å². The number of aromatic nitrogens is 5. The van der Waals surface area contributed by atoms with Crippen molar-refractivity contribution < 1.29 is 31.4 Å². The van der Waals surface area contributed by atoms with E-state index in [0.29, 0.717) is 0 Å². The molecule has 1 unspecified atom stereocenters. The second-order valence-electron chi connectivity index (χ2n) is 7.27. The third kappa shape index (κ3) is 3.30. The van der Waals surface area contributed by atoms with Crippen molar-refractivity contribution in [2.75, 3.05) is 16.8 Å². The third-order valence-electron chi connectivity index (χ3n) is 5.18. The molecule has 3 aromatic rings. The molecule has 2 N–H and O–H groups in total. The van der Waals surface area contributed by atoms with Crippen LogP contribution in [0.3, 0.4) is 0 Å². The minimum atomic E-state index is -4.79. The van der Waals surface area contributed by atoms with Gasteiger partial charge in [-0.15, -0.1) is 10.2 Å². The van der Waals surface area contributed by atoms with Crippen LogP contribution in [-0.4, -0.2) is 49.0 Å². The van der Waals surface area contributed by atoms with Gasteiger partial charge in [0.15, 0.2) is 5.65 Å². The molecule has 166 valence electrons. The molecule has 14 heteroatoms. The maximum atomic E-state index is 14.0. The van der Waals surface area contributed by atoms with Crippen LogP contribution in [0.4, 0.5) is 37.7 Å². The van der Waals surface area contributed by atoms with E-state index < -0.39 is 48.2 Å². The van der Waals surface area contributed by atoms with Crippen molar-refractivity contribution in [1.82, 2.24) is 24.8 Å². The van der Waals surface area contributed by atoms with E-state index in [4.69, 9.17) is 0 Å². The molecule has 0 saturated carbocycles. The predicted octanol–water partition coefficient (Wildman–Crippen LogP) is 2.93. The highest BCUT2D eigenvalue weighted by molar-refractivity contribution is 5.64. The molecule has 0 aliphatic carbocycles. The summed E-state index contributed by atoms with van der Waals surface area (Å²) in [5.41, 5.74) is -3.80. The molecule has 0 saturated heterocycles. The number of nitrogens with one attached hydrogen (secondary N) is 1. The second kappa shape index (κ2) is 6.93. The Morgan fingerprint density at radius 1 is 1.23 bits per heavy atom. The summed E-state index contributed by atoms with van der Waals surface area (Å²) in [7, 11) is 0. The lowest BCUT2D eigenvalue weighted by Crippen LogP contribution is -2.48. The number of anilines is 2. The van der Waals surface area contributed by atoms with Gasteiger partial charge in [-0.1, -0.05) is 0 Å². The molecule has 2 atom stereocenters. The third-order valence-corrected chi connectivity index (χ3v) is 5.18. The number of alkyl halides is 5. The van der Waals surface area contributed by atoms with E-state index in [1.54, 1.807) is 0 Å². The highest BCUT2D eigenvalue weighted by Crippen LogP contribution is 2.50. The Labute approximate surface area is 170 Å². The Morgan fingerprint density at radius 3 is 2.58 bits per heavy atom. The predicted molar refractivity (Wildman–Crippen MR) is 95.1 cm³/mol. The molecule has 31 heavy (non-hydrogen) atoms. The van der Waals surface area contributed by atoms with Gasteiger partial charge in [-0.05, 0) is 19.9 Å². The van der Waals surface area contributed by atoms with E-state index in [2.05, 4.69) is 25.6 Å². The number of hydrogen-bond acceptors (Lipinski definition) is 7. The zero-order valence-electron chi connectivity index (χ0n) is 16.0. The summed E-state index contributed by atoms with van der Waals surface area (Å²) in [6, 6.07) is 1.83. The van der Waals surface area contributed by atoms with Gasteiger partial charge in [-0.25, -0.2) is 18.3 Å². The standard InChI is InChI=1S/C17H15F6N7O/c1-7-8(3-9(14(19)20)27-26-7)25-15(31)29-6-16(2,17(21,22)23)13-10(29)5-24-12-4-11(18)28-30(12)13/h3-5,14-15,31H,6H2,1-2H3,(H,25,27)/t15?,16-/m1/s1. The molecule has 0 amide bonds. The molecule has 0 bridgehead atoms. The fourth-order valence-corrected chi connectivity index (χ4v) is 3.50. The molecule has 0 aromatic carbocycles. The lowest BCUT2D eigenvalue weighted by molar-refractivity contribution is -0.182. The average Bonchev–Trinajstić information content (AvgIpc) is 3.20. The van der Waals surface area contributed by atoms with Gasteiger partial charge in [0.25, 0.3) is 6.43 Å².